The molecule has 1 heterocycles. The highest BCUT2D eigenvalue weighted by atomic mass is 32.1. The fourth-order valence-corrected chi connectivity index (χ4v) is 3.57. The average molecular weight is 304 g/mol. The van der Waals surface area contributed by atoms with Crippen LogP contribution in [0.5, 0.6) is 0 Å². The maximum atomic E-state index is 5.30. The van der Waals surface area contributed by atoms with Crippen LogP contribution in [0.2, 0.25) is 0 Å². The summed E-state index contributed by atoms with van der Waals surface area (Å²) in [6.07, 6.45) is 5.41. The van der Waals surface area contributed by atoms with Crippen molar-refractivity contribution in [1.82, 2.24) is 10.3 Å². The topological polar surface area (TPSA) is 27.8 Å². The Kier molecular flexibility index (Phi) is 3.89. The minimum atomic E-state index is 0.486. The highest BCUT2D eigenvalue weighted by Gasteiger charge is 2.25. The third-order valence-corrected chi connectivity index (χ3v) is 4.78. The first-order valence-electron chi connectivity index (χ1n) is 7.21. The first-order valence-corrected chi connectivity index (χ1v) is 8.06. The predicted octanol–water partition coefficient (Wildman–Crippen LogP) is 3.63. The van der Waals surface area contributed by atoms with E-state index in [1.54, 1.807) is 0 Å². The average Bonchev–Trinajstić information content (AvgIpc) is 2.83. The number of thiol groups is 1. The molecule has 0 bridgehead atoms. The predicted molar refractivity (Wildman–Crippen MR) is 93.1 cm³/mol. The van der Waals surface area contributed by atoms with Crippen molar-refractivity contribution in [3.8, 4) is 0 Å². The molecule has 1 aliphatic rings. The van der Waals surface area contributed by atoms with Crippen LogP contribution >= 0.6 is 24.8 Å². The van der Waals surface area contributed by atoms with Crippen molar-refractivity contribution in [2.24, 2.45) is 0 Å². The number of hydrogen-bond acceptors (Lipinski definition) is 2. The van der Waals surface area contributed by atoms with Crippen LogP contribution in [0.3, 0.4) is 0 Å². The second-order valence-electron chi connectivity index (χ2n) is 5.71. The van der Waals surface area contributed by atoms with Crippen LogP contribution in [-0.2, 0) is 12.8 Å². The molecule has 0 saturated carbocycles. The van der Waals surface area contributed by atoms with Gasteiger partial charge in [-0.2, -0.15) is 0 Å². The number of thiocarbonyl (C=S) groups is 1. The van der Waals surface area contributed by atoms with Crippen molar-refractivity contribution in [2.75, 3.05) is 0 Å². The van der Waals surface area contributed by atoms with Gasteiger partial charge in [-0.1, -0.05) is 25.2 Å². The molecule has 2 unspecified atom stereocenters. The zero-order chi connectivity index (χ0) is 14.3. The molecule has 1 aliphatic carbocycles. The van der Waals surface area contributed by atoms with Crippen LogP contribution in [0.1, 0.15) is 37.0 Å². The molecule has 1 aromatic carbocycles. The lowest BCUT2D eigenvalue weighted by Crippen LogP contribution is -2.40. The Hall–Kier alpha value is -0.840. The minimum Gasteiger partial charge on any atom is -0.361 e. The number of nitrogens with one attached hydrogen (secondary N) is 2. The van der Waals surface area contributed by atoms with E-state index in [9.17, 15) is 0 Å². The van der Waals surface area contributed by atoms with Gasteiger partial charge in [-0.3, -0.25) is 0 Å². The quantitative estimate of drug-likeness (QED) is 0.594. The van der Waals surface area contributed by atoms with Gasteiger partial charge in [0.25, 0.3) is 0 Å². The fraction of sp³-hybridized carbons (Fsp3) is 0.438. The second kappa shape index (κ2) is 5.51. The molecule has 3 rings (SSSR count). The molecule has 20 heavy (non-hydrogen) atoms. The highest BCUT2D eigenvalue weighted by molar-refractivity contribution is 8.11. The Morgan fingerprint density at radius 3 is 3.00 bits per heavy atom. The van der Waals surface area contributed by atoms with Crippen LogP contribution in [0.25, 0.3) is 10.9 Å². The smallest absolute Gasteiger partial charge is 0.0750 e. The molecule has 0 saturated heterocycles. The van der Waals surface area contributed by atoms with Gasteiger partial charge in [0, 0.05) is 34.7 Å². The van der Waals surface area contributed by atoms with Gasteiger partial charge in [-0.25, -0.2) is 0 Å². The summed E-state index contributed by atoms with van der Waals surface area (Å²) in [5.41, 5.74) is 5.08. The van der Waals surface area contributed by atoms with Crippen molar-refractivity contribution < 1.29 is 0 Å². The molecule has 0 fully saturated rings. The van der Waals surface area contributed by atoms with Crippen molar-refractivity contribution >= 4 is 39.9 Å². The molecule has 0 aliphatic heterocycles. The molecular weight excluding hydrogens is 284 g/mol. The van der Waals surface area contributed by atoms with E-state index in [0.29, 0.717) is 16.3 Å². The van der Waals surface area contributed by atoms with Gasteiger partial charge in [0.1, 0.15) is 0 Å². The maximum absolute atomic E-state index is 5.30. The SMILES string of the molecule is CCC(C)NC1Cc2c[nH]c3ccc(C(=S)S)c(c23)C1. The van der Waals surface area contributed by atoms with Gasteiger partial charge in [-0.15, -0.1) is 12.6 Å². The van der Waals surface area contributed by atoms with E-state index in [1.165, 1.54) is 22.0 Å². The van der Waals surface area contributed by atoms with E-state index in [1.807, 2.05) is 0 Å². The van der Waals surface area contributed by atoms with Crippen molar-refractivity contribution in [2.45, 2.75) is 45.2 Å². The van der Waals surface area contributed by atoms with Crippen LogP contribution in [-0.4, -0.2) is 21.3 Å². The van der Waals surface area contributed by atoms with Crippen LogP contribution < -0.4 is 5.32 Å². The summed E-state index contributed by atoms with van der Waals surface area (Å²) in [5.74, 6) is 0. The van der Waals surface area contributed by atoms with Crippen LogP contribution in [0.15, 0.2) is 18.3 Å². The summed E-state index contributed by atoms with van der Waals surface area (Å²) in [6, 6.07) is 5.24. The van der Waals surface area contributed by atoms with Crippen molar-refractivity contribution in [3.63, 3.8) is 0 Å². The van der Waals surface area contributed by atoms with Crippen molar-refractivity contribution in [1.29, 1.82) is 0 Å². The molecule has 1 aromatic heterocycles. The number of H-pyrrole nitrogens is 1. The molecule has 2 nitrogen and oxygen atoms in total. The Bertz CT molecular complexity index is 660. The van der Waals surface area contributed by atoms with Gasteiger partial charge < -0.3 is 10.3 Å². The number of aromatic nitrogens is 1. The number of aromatic amines is 1. The molecule has 4 heteroatoms. The molecular formula is C16H20N2S2. The Balaban J connectivity index is 2.03. The molecule has 2 N–H and O–H groups in total. The summed E-state index contributed by atoms with van der Waals surface area (Å²) in [4.78, 5) is 3.38. The van der Waals surface area contributed by atoms with E-state index in [-0.39, 0.29) is 0 Å². The standard InChI is InChI=1S/C16H20N2S2/c1-3-9(2)18-11-6-10-8-17-14-5-4-12(16(19)20)13(7-11)15(10)14/h4-5,8-9,11,17-18H,3,6-7H2,1-2H3,(H,19,20). The van der Waals surface area contributed by atoms with Gasteiger partial charge >= 0.3 is 0 Å². The van der Waals surface area contributed by atoms with Crippen molar-refractivity contribution in [3.05, 3.63) is 35.0 Å². The number of rotatable bonds is 4. The normalized spacial score (nSPS) is 19.2. The molecule has 2 aromatic rings. The molecule has 2 atom stereocenters. The van der Waals surface area contributed by atoms with E-state index in [2.05, 4.69) is 55.1 Å². The summed E-state index contributed by atoms with van der Waals surface area (Å²) < 4.78 is 0.693. The molecule has 0 radical (unpaired) electrons. The summed E-state index contributed by atoms with van der Waals surface area (Å²) in [6.45, 7) is 4.47. The maximum Gasteiger partial charge on any atom is 0.0750 e. The van der Waals surface area contributed by atoms with Gasteiger partial charge in [-0.05, 0) is 43.4 Å². The summed E-state index contributed by atoms with van der Waals surface area (Å²) in [7, 11) is 0. The lowest BCUT2D eigenvalue weighted by molar-refractivity contribution is 0.428. The third-order valence-electron chi connectivity index (χ3n) is 4.32. The number of hydrogen-bond donors (Lipinski definition) is 3. The second-order valence-corrected chi connectivity index (χ2v) is 6.87. The van der Waals surface area contributed by atoms with Gasteiger partial charge in [0.15, 0.2) is 0 Å². The van der Waals surface area contributed by atoms with E-state index >= 15 is 0 Å². The largest absolute Gasteiger partial charge is 0.361 e. The zero-order valence-corrected chi connectivity index (χ0v) is 13.6. The Labute approximate surface area is 130 Å². The van der Waals surface area contributed by atoms with Gasteiger partial charge in [0.05, 0.1) is 4.20 Å². The van der Waals surface area contributed by atoms with E-state index < -0.39 is 0 Å². The fourth-order valence-electron chi connectivity index (χ4n) is 3.17. The monoisotopic (exact) mass is 304 g/mol. The van der Waals surface area contributed by atoms with E-state index in [4.69, 9.17) is 12.2 Å². The van der Waals surface area contributed by atoms with E-state index in [0.717, 1.165) is 24.8 Å². The molecule has 0 spiro atoms. The Morgan fingerprint density at radius 1 is 1.50 bits per heavy atom. The zero-order valence-electron chi connectivity index (χ0n) is 11.9. The first kappa shape index (κ1) is 14.1. The summed E-state index contributed by atoms with van der Waals surface area (Å²) >= 11 is 9.70. The molecule has 0 amide bonds. The summed E-state index contributed by atoms with van der Waals surface area (Å²) in [5, 5.41) is 5.09. The first-order chi connectivity index (χ1) is 9.60. The highest BCUT2D eigenvalue weighted by Crippen LogP contribution is 2.33. The van der Waals surface area contributed by atoms with Crippen LogP contribution in [0.4, 0.5) is 0 Å². The third kappa shape index (κ3) is 2.41. The lowest BCUT2D eigenvalue weighted by Gasteiger charge is -2.28. The van der Waals surface area contributed by atoms with Gasteiger partial charge in [0.2, 0.25) is 0 Å². The minimum absolute atomic E-state index is 0.486. The lowest BCUT2D eigenvalue weighted by atomic mass is 9.86. The Morgan fingerprint density at radius 2 is 2.30 bits per heavy atom. The molecule has 106 valence electrons. The number of benzene rings is 1. The van der Waals surface area contributed by atoms with Crippen LogP contribution in [0, 0.1) is 0 Å².